The predicted molar refractivity (Wildman–Crippen MR) is 69.4 cm³/mol. The molecule has 0 aliphatic heterocycles. The van der Waals surface area contributed by atoms with Crippen LogP contribution in [0.25, 0.3) is 0 Å². The Morgan fingerprint density at radius 2 is 1.81 bits per heavy atom. The van der Waals surface area contributed by atoms with Gasteiger partial charge in [0.05, 0.1) is 0 Å². The molecule has 0 heterocycles. The van der Waals surface area contributed by atoms with Crippen molar-refractivity contribution >= 4 is 0 Å². The molecule has 2 nitrogen and oxygen atoms in total. The summed E-state index contributed by atoms with van der Waals surface area (Å²) in [6.45, 7) is 5.61. The van der Waals surface area contributed by atoms with Crippen molar-refractivity contribution in [3.8, 4) is 0 Å². The number of hydrogen-bond donors (Lipinski definition) is 2. The summed E-state index contributed by atoms with van der Waals surface area (Å²) >= 11 is 0. The highest BCUT2D eigenvalue weighted by Crippen LogP contribution is 2.38. The molecule has 0 radical (unpaired) electrons. The summed E-state index contributed by atoms with van der Waals surface area (Å²) in [7, 11) is 0. The molecule has 3 unspecified atom stereocenters. The Kier molecular flexibility index (Phi) is 3.91. The van der Waals surface area contributed by atoms with Crippen molar-refractivity contribution in [1.29, 1.82) is 0 Å². The van der Waals surface area contributed by atoms with Gasteiger partial charge in [0.1, 0.15) is 0 Å². The lowest BCUT2D eigenvalue weighted by Gasteiger charge is -2.47. The molecule has 2 rings (SSSR count). The second kappa shape index (κ2) is 5.05. The summed E-state index contributed by atoms with van der Waals surface area (Å²) in [4.78, 5) is 0. The maximum absolute atomic E-state index is 6.11. The Morgan fingerprint density at radius 1 is 1.12 bits per heavy atom. The van der Waals surface area contributed by atoms with Crippen molar-refractivity contribution in [2.45, 2.75) is 70.4 Å². The van der Waals surface area contributed by atoms with Gasteiger partial charge in [-0.1, -0.05) is 39.5 Å². The van der Waals surface area contributed by atoms with Crippen LogP contribution in [0.1, 0.15) is 58.8 Å². The number of rotatable bonds is 3. The Labute approximate surface area is 100 Å². The lowest BCUT2D eigenvalue weighted by molar-refractivity contribution is 0.0993. The minimum absolute atomic E-state index is 0.243. The van der Waals surface area contributed by atoms with Gasteiger partial charge < -0.3 is 11.1 Å². The Bertz CT molecular complexity index is 223. The highest BCUT2D eigenvalue weighted by molar-refractivity contribution is 5.00. The van der Waals surface area contributed by atoms with E-state index >= 15 is 0 Å². The Morgan fingerprint density at radius 3 is 2.44 bits per heavy atom. The van der Waals surface area contributed by atoms with Crippen LogP contribution in [0, 0.1) is 11.8 Å². The average molecular weight is 224 g/mol. The fraction of sp³-hybridized carbons (Fsp3) is 1.00. The molecule has 94 valence electrons. The van der Waals surface area contributed by atoms with Gasteiger partial charge in [0.25, 0.3) is 0 Å². The molecular weight excluding hydrogens is 196 g/mol. The third-order valence-electron chi connectivity index (χ3n) is 5.22. The zero-order valence-corrected chi connectivity index (χ0v) is 11.0. The van der Waals surface area contributed by atoms with Crippen LogP contribution in [0.3, 0.4) is 0 Å². The van der Waals surface area contributed by atoms with Gasteiger partial charge in [-0.05, 0) is 31.1 Å². The van der Waals surface area contributed by atoms with E-state index in [9.17, 15) is 0 Å². The van der Waals surface area contributed by atoms with Crippen molar-refractivity contribution < 1.29 is 0 Å². The second-order valence-corrected chi connectivity index (χ2v) is 6.14. The van der Waals surface area contributed by atoms with Crippen LogP contribution in [0.15, 0.2) is 0 Å². The lowest BCUT2D eigenvalue weighted by atomic mass is 9.68. The van der Waals surface area contributed by atoms with Gasteiger partial charge in [-0.15, -0.1) is 0 Å². The van der Waals surface area contributed by atoms with Crippen LogP contribution < -0.4 is 11.1 Å². The van der Waals surface area contributed by atoms with E-state index in [1.165, 1.54) is 44.9 Å². The maximum atomic E-state index is 6.11. The first kappa shape index (κ1) is 12.4. The molecule has 0 aromatic rings. The van der Waals surface area contributed by atoms with E-state index in [1.54, 1.807) is 0 Å². The third-order valence-corrected chi connectivity index (χ3v) is 5.22. The molecule has 16 heavy (non-hydrogen) atoms. The molecular formula is C14H28N2. The van der Waals surface area contributed by atoms with Crippen LogP contribution in [-0.4, -0.2) is 18.1 Å². The summed E-state index contributed by atoms with van der Waals surface area (Å²) in [5.41, 5.74) is 6.35. The molecule has 0 amide bonds. The van der Waals surface area contributed by atoms with Gasteiger partial charge in [0.2, 0.25) is 0 Å². The van der Waals surface area contributed by atoms with Crippen LogP contribution in [0.2, 0.25) is 0 Å². The van der Waals surface area contributed by atoms with Gasteiger partial charge in [0, 0.05) is 18.1 Å². The van der Waals surface area contributed by atoms with Gasteiger partial charge >= 0.3 is 0 Å². The monoisotopic (exact) mass is 224 g/mol. The first-order valence-electron chi connectivity index (χ1n) is 7.16. The molecule has 0 spiro atoms. The predicted octanol–water partition coefficient (Wildman–Crippen LogP) is 2.67. The summed E-state index contributed by atoms with van der Waals surface area (Å²) in [6, 6.07) is 0.747. The largest absolute Gasteiger partial charge is 0.329 e. The van der Waals surface area contributed by atoms with Crippen molar-refractivity contribution in [1.82, 2.24) is 5.32 Å². The molecule has 3 atom stereocenters. The highest BCUT2D eigenvalue weighted by Gasteiger charge is 2.41. The van der Waals surface area contributed by atoms with Crippen LogP contribution in [0.5, 0.6) is 0 Å². The van der Waals surface area contributed by atoms with Crippen LogP contribution in [-0.2, 0) is 0 Å². The van der Waals surface area contributed by atoms with Crippen LogP contribution >= 0.6 is 0 Å². The van der Waals surface area contributed by atoms with E-state index in [0.717, 1.165) is 24.4 Å². The van der Waals surface area contributed by atoms with E-state index in [2.05, 4.69) is 19.2 Å². The molecule has 2 aliphatic rings. The number of nitrogens with one attached hydrogen (secondary N) is 1. The first-order chi connectivity index (χ1) is 7.68. The zero-order chi connectivity index (χ0) is 11.6. The van der Waals surface area contributed by atoms with E-state index in [1.807, 2.05) is 0 Å². The van der Waals surface area contributed by atoms with E-state index in [0.29, 0.717) is 0 Å². The van der Waals surface area contributed by atoms with Gasteiger partial charge in [0.15, 0.2) is 0 Å². The molecule has 0 aromatic carbocycles. The standard InChI is InChI=1S/C14H28N2/c1-11-6-5-9-14(10-15,12(11)2)16-13-7-3-4-8-13/h11-13,16H,3-10,15H2,1-2H3. The minimum Gasteiger partial charge on any atom is -0.329 e. The Balaban J connectivity index is 2.04. The topological polar surface area (TPSA) is 38.0 Å². The first-order valence-corrected chi connectivity index (χ1v) is 7.16. The highest BCUT2D eigenvalue weighted by atomic mass is 15.0. The molecule has 3 N–H and O–H groups in total. The normalized spacial score (nSPS) is 41.4. The minimum atomic E-state index is 0.243. The van der Waals surface area contributed by atoms with Gasteiger partial charge in [-0.3, -0.25) is 0 Å². The quantitative estimate of drug-likeness (QED) is 0.773. The Hall–Kier alpha value is -0.0800. The van der Waals surface area contributed by atoms with E-state index in [-0.39, 0.29) is 5.54 Å². The van der Waals surface area contributed by atoms with Crippen molar-refractivity contribution in [3.63, 3.8) is 0 Å². The molecule has 2 aliphatic carbocycles. The maximum Gasteiger partial charge on any atom is 0.0334 e. The molecule has 2 saturated carbocycles. The molecule has 0 bridgehead atoms. The summed E-state index contributed by atoms with van der Waals surface area (Å²) in [5.74, 6) is 1.55. The fourth-order valence-corrected chi connectivity index (χ4v) is 3.79. The zero-order valence-electron chi connectivity index (χ0n) is 11.0. The van der Waals surface area contributed by atoms with Gasteiger partial charge in [-0.2, -0.15) is 0 Å². The fourth-order valence-electron chi connectivity index (χ4n) is 3.79. The molecule has 0 aromatic heterocycles. The van der Waals surface area contributed by atoms with Crippen molar-refractivity contribution in [3.05, 3.63) is 0 Å². The number of nitrogens with two attached hydrogens (primary N) is 1. The van der Waals surface area contributed by atoms with Crippen LogP contribution in [0.4, 0.5) is 0 Å². The number of hydrogen-bond acceptors (Lipinski definition) is 2. The average Bonchev–Trinajstić information content (AvgIpc) is 2.77. The van der Waals surface area contributed by atoms with Crippen molar-refractivity contribution in [2.24, 2.45) is 17.6 Å². The second-order valence-electron chi connectivity index (χ2n) is 6.14. The summed E-state index contributed by atoms with van der Waals surface area (Å²) in [6.07, 6.45) is 9.55. The van der Waals surface area contributed by atoms with E-state index < -0.39 is 0 Å². The molecule has 2 fully saturated rings. The smallest absolute Gasteiger partial charge is 0.0334 e. The lowest BCUT2D eigenvalue weighted by Crippen LogP contribution is -2.61. The summed E-state index contributed by atoms with van der Waals surface area (Å²) in [5, 5.41) is 3.94. The molecule has 0 saturated heterocycles. The van der Waals surface area contributed by atoms with Gasteiger partial charge in [-0.25, -0.2) is 0 Å². The molecule has 2 heteroatoms. The summed E-state index contributed by atoms with van der Waals surface area (Å²) < 4.78 is 0. The van der Waals surface area contributed by atoms with E-state index in [4.69, 9.17) is 5.73 Å². The third kappa shape index (κ3) is 2.28. The SMILES string of the molecule is CC1CCCC(CN)(NC2CCCC2)C1C. The van der Waals surface area contributed by atoms with Crippen molar-refractivity contribution in [2.75, 3.05) is 6.54 Å².